The lowest BCUT2D eigenvalue weighted by atomic mass is 10.3. The molecular weight excluding hydrogens is 420 g/mol. The van der Waals surface area contributed by atoms with E-state index in [-0.39, 0.29) is 28.5 Å². The fraction of sp³-hybridized carbons (Fsp3) is 0.300. The summed E-state index contributed by atoms with van der Waals surface area (Å²) in [6, 6.07) is 7.95. The van der Waals surface area contributed by atoms with Gasteiger partial charge in [-0.25, -0.2) is 8.42 Å². The second-order valence-electron chi connectivity index (χ2n) is 6.87. The molecule has 3 rings (SSSR count). The van der Waals surface area contributed by atoms with Gasteiger partial charge in [-0.05, 0) is 26.0 Å². The van der Waals surface area contributed by atoms with Crippen LogP contribution in [0.1, 0.15) is 29.5 Å². The Bertz CT molecular complexity index is 1200. The number of hydrogen-bond acceptors (Lipinski definition) is 6. The summed E-state index contributed by atoms with van der Waals surface area (Å²) in [6.45, 7) is 4.04. The van der Waals surface area contributed by atoms with Crippen molar-refractivity contribution in [2.75, 3.05) is 16.4 Å². The second kappa shape index (κ2) is 9.13. The standard InChI is InChI=1S/C20H24N6O4S/c1-4-26-19(20(28)24-16-12-21-25(3)14(16)2)17(13-22-26)23-18(27)10-11-31(29,30)15-8-6-5-7-9-15/h5-9,12-13H,4,10-11H2,1-3H3,(H,23,27)(H,24,28). The molecule has 11 heteroatoms. The lowest BCUT2D eigenvalue weighted by Crippen LogP contribution is -2.22. The molecule has 31 heavy (non-hydrogen) atoms. The van der Waals surface area contributed by atoms with Gasteiger partial charge in [0, 0.05) is 20.0 Å². The summed E-state index contributed by atoms with van der Waals surface area (Å²) in [4.78, 5) is 25.4. The van der Waals surface area contributed by atoms with Crippen molar-refractivity contribution >= 4 is 33.0 Å². The molecule has 2 amide bonds. The smallest absolute Gasteiger partial charge is 0.276 e. The minimum absolute atomic E-state index is 0.161. The van der Waals surface area contributed by atoms with Gasteiger partial charge in [0.05, 0.1) is 40.1 Å². The highest BCUT2D eigenvalue weighted by atomic mass is 32.2. The molecule has 0 atom stereocenters. The zero-order chi connectivity index (χ0) is 22.6. The number of rotatable bonds is 8. The lowest BCUT2D eigenvalue weighted by molar-refractivity contribution is -0.115. The molecular formula is C20H24N6O4S. The van der Waals surface area contributed by atoms with Crippen LogP contribution in [-0.4, -0.2) is 45.5 Å². The van der Waals surface area contributed by atoms with E-state index in [0.717, 1.165) is 5.69 Å². The first-order chi connectivity index (χ1) is 14.7. The van der Waals surface area contributed by atoms with Crippen molar-refractivity contribution < 1.29 is 18.0 Å². The number of benzene rings is 1. The summed E-state index contributed by atoms with van der Waals surface area (Å²) >= 11 is 0. The molecule has 0 aliphatic heterocycles. The van der Waals surface area contributed by atoms with Crippen LogP contribution in [0.15, 0.2) is 47.6 Å². The van der Waals surface area contributed by atoms with E-state index in [1.54, 1.807) is 29.9 Å². The largest absolute Gasteiger partial charge is 0.323 e. The summed E-state index contributed by atoms with van der Waals surface area (Å²) in [7, 11) is -1.83. The molecule has 2 N–H and O–H groups in total. The van der Waals surface area contributed by atoms with E-state index in [0.29, 0.717) is 12.2 Å². The van der Waals surface area contributed by atoms with Crippen molar-refractivity contribution in [3.63, 3.8) is 0 Å². The van der Waals surface area contributed by atoms with Crippen molar-refractivity contribution in [2.45, 2.75) is 31.7 Å². The van der Waals surface area contributed by atoms with Crippen LogP contribution in [0.3, 0.4) is 0 Å². The first kappa shape index (κ1) is 22.2. The van der Waals surface area contributed by atoms with Crippen LogP contribution >= 0.6 is 0 Å². The number of hydrogen-bond donors (Lipinski definition) is 2. The topological polar surface area (TPSA) is 128 Å². The van der Waals surface area contributed by atoms with Crippen LogP contribution < -0.4 is 10.6 Å². The molecule has 164 valence electrons. The van der Waals surface area contributed by atoms with Gasteiger partial charge < -0.3 is 10.6 Å². The van der Waals surface area contributed by atoms with E-state index in [1.165, 1.54) is 29.2 Å². The highest BCUT2D eigenvalue weighted by Crippen LogP contribution is 2.20. The lowest BCUT2D eigenvalue weighted by Gasteiger charge is -2.10. The summed E-state index contributed by atoms with van der Waals surface area (Å²) in [6.07, 6.45) is 2.65. The van der Waals surface area contributed by atoms with Gasteiger partial charge in [-0.15, -0.1) is 0 Å². The van der Waals surface area contributed by atoms with Crippen molar-refractivity contribution in [2.24, 2.45) is 7.05 Å². The molecule has 0 unspecified atom stereocenters. The molecule has 10 nitrogen and oxygen atoms in total. The van der Waals surface area contributed by atoms with E-state index < -0.39 is 21.7 Å². The Balaban J connectivity index is 1.72. The van der Waals surface area contributed by atoms with Gasteiger partial charge in [-0.2, -0.15) is 10.2 Å². The molecule has 0 radical (unpaired) electrons. The maximum atomic E-state index is 12.9. The highest BCUT2D eigenvalue weighted by Gasteiger charge is 2.22. The van der Waals surface area contributed by atoms with E-state index in [4.69, 9.17) is 0 Å². The van der Waals surface area contributed by atoms with Crippen LogP contribution in [0, 0.1) is 6.92 Å². The van der Waals surface area contributed by atoms with Gasteiger partial charge in [0.2, 0.25) is 5.91 Å². The minimum Gasteiger partial charge on any atom is -0.323 e. The van der Waals surface area contributed by atoms with E-state index >= 15 is 0 Å². The molecule has 0 aliphatic carbocycles. The van der Waals surface area contributed by atoms with Gasteiger partial charge in [-0.3, -0.25) is 19.0 Å². The van der Waals surface area contributed by atoms with Crippen molar-refractivity contribution in [1.29, 1.82) is 0 Å². The number of aryl methyl sites for hydroxylation is 2. The Kier molecular flexibility index (Phi) is 6.54. The monoisotopic (exact) mass is 444 g/mol. The Hall–Kier alpha value is -3.47. The summed E-state index contributed by atoms with van der Waals surface area (Å²) in [5.74, 6) is -1.33. The van der Waals surface area contributed by atoms with Crippen LogP contribution in [0.4, 0.5) is 11.4 Å². The average molecular weight is 445 g/mol. The normalized spacial score (nSPS) is 11.3. The third-order valence-electron chi connectivity index (χ3n) is 4.81. The molecule has 0 spiro atoms. The minimum atomic E-state index is -3.59. The van der Waals surface area contributed by atoms with Gasteiger partial charge in [0.25, 0.3) is 5.91 Å². The fourth-order valence-electron chi connectivity index (χ4n) is 2.94. The highest BCUT2D eigenvalue weighted by molar-refractivity contribution is 7.91. The maximum Gasteiger partial charge on any atom is 0.276 e. The number of carbonyl (C=O) groups excluding carboxylic acids is 2. The maximum absolute atomic E-state index is 12.9. The van der Waals surface area contributed by atoms with E-state index in [2.05, 4.69) is 20.8 Å². The summed E-state index contributed by atoms with van der Waals surface area (Å²) < 4.78 is 27.8. The fourth-order valence-corrected chi connectivity index (χ4v) is 4.21. The number of sulfone groups is 1. The van der Waals surface area contributed by atoms with Crippen LogP contribution in [0.2, 0.25) is 0 Å². The Morgan fingerprint density at radius 1 is 1.03 bits per heavy atom. The molecule has 0 fully saturated rings. The molecule has 2 heterocycles. The number of nitrogens with zero attached hydrogens (tertiary/aromatic N) is 4. The Morgan fingerprint density at radius 2 is 1.71 bits per heavy atom. The molecule has 0 saturated carbocycles. The molecule has 1 aromatic carbocycles. The third kappa shape index (κ3) is 5.00. The van der Waals surface area contributed by atoms with Gasteiger partial charge >= 0.3 is 0 Å². The number of carbonyl (C=O) groups is 2. The van der Waals surface area contributed by atoms with Crippen LogP contribution in [0.5, 0.6) is 0 Å². The quantitative estimate of drug-likeness (QED) is 0.547. The van der Waals surface area contributed by atoms with Crippen LogP contribution in [-0.2, 0) is 28.2 Å². The van der Waals surface area contributed by atoms with Gasteiger partial charge in [-0.1, -0.05) is 18.2 Å². The number of amides is 2. The first-order valence-electron chi connectivity index (χ1n) is 9.66. The van der Waals surface area contributed by atoms with Crippen molar-refractivity contribution in [3.05, 3.63) is 54.1 Å². The molecule has 3 aromatic rings. The number of nitrogens with one attached hydrogen (secondary N) is 2. The van der Waals surface area contributed by atoms with E-state index in [9.17, 15) is 18.0 Å². The Morgan fingerprint density at radius 3 is 2.32 bits per heavy atom. The summed E-state index contributed by atoms with van der Waals surface area (Å²) in [5.41, 5.74) is 1.70. The SMILES string of the molecule is CCn1ncc(NC(=O)CCS(=O)(=O)c2ccccc2)c1C(=O)Nc1cnn(C)c1C. The van der Waals surface area contributed by atoms with Crippen LogP contribution in [0.25, 0.3) is 0 Å². The third-order valence-corrected chi connectivity index (χ3v) is 6.54. The van der Waals surface area contributed by atoms with Gasteiger partial charge in [0.1, 0.15) is 5.69 Å². The number of anilines is 2. The Labute approximate surface area is 180 Å². The zero-order valence-corrected chi connectivity index (χ0v) is 18.3. The summed E-state index contributed by atoms with van der Waals surface area (Å²) in [5, 5.41) is 13.6. The predicted molar refractivity (Wildman–Crippen MR) is 116 cm³/mol. The molecule has 2 aromatic heterocycles. The van der Waals surface area contributed by atoms with Gasteiger partial charge in [0.15, 0.2) is 9.84 Å². The van der Waals surface area contributed by atoms with Crippen molar-refractivity contribution in [3.8, 4) is 0 Å². The zero-order valence-electron chi connectivity index (χ0n) is 17.5. The molecule has 0 saturated heterocycles. The molecule has 0 bridgehead atoms. The first-order valence-corrected chi connectivity index (χ1v) is 11.3. The molecule has 0 aliphatic rings. The van der Waals surface area contributed by atoms with E-state index in [1.807, 2.05) is 13.8 Å². The second-order valence-corrected chi connectivity index (χ2v) is 8.98. The van der Waals surface area contributed by atoms with Crippen molar-refractivity contribution in [1.82, 2.24) is 19.6 Å². The average Bonchev–Trinajstić information content (AvgIpc) is 3.31. The predicted octanol–water partition coefficient (Wildman–Crippen LogP) is 2.00. The number of aromatic nitrogens is 4.